The first-order valence-electron chi connectivity index (χ1n) is 11.0. The van der Waals surface area contributed by atoms with Crippen LogP contribution < -0.4 is 20.8 Å². The Morgan fingerprint density at radius 1 is 0.892 bits per heavy atom. The van der Waals surface area contributed by atoms with Crippen LogP contribution in [0.2, 0.25) is 0 Å². The van der Waals surface area contributed by atoms with Crippen LogP contribution in [0, 0.1) is 18.6 Å². The van der Waals surface area contributed by atoms with Crippen molar-refractivity contribution in [2.75, 3.05) is 10.6 Å². The number of ether oxygens (including phenoxy) is 1. The summed E-state index contributed by atoms with van der Waals surface area (Å²) >= 11 is 0. The predicted molar refractivity (Wildman–Crippen MR) is 136 cm³/mol. The normalized spacial score (nSPS) is 10.7. The van der Waals surface area contributed by atoms with E-state index in [1.165, 1.54) is 18.5 Å². The Labute approximate surface area is 211 Å². The minimum atomic E-state index is -0.887. The summed E-state index contributed by atoms with van der Waals surface area (Å²) < 4.78 is 32.5. The second-order valence-corrected chi connectivity index (χ2v) is 7.82. The summed E-state index contributed by atoms with van der Waals surface area (Å²) in [5.74, 6) is -1.33. The monoisotopic (exact) mass is 501 g/mol. The molecule has 0 unspecified atom stereocenters. The molecule has 0 saturated heterocycles. The molecule has 3 amide bonds. The van der Waals surface area contributed by atoms with Gasteiger partial charge < -0.3 is 15.4 Å². The van der Waals surface area contributed by atoms with E-state index in [-0.39, 0.29) is 11.4 Å². The fourth-order valence-corrected chi connectivity index (χ4v) is 3.09. The van der Waals surface area contributed by atoms with Crippen LogP contribution in [0.25, 0.3) is 0 Å². The van der Waals surface area contributed by atoms with Gasteiger partial charge in [0.15, 0.2) is 0 Å². The molecule has 0 atom stereocenters. The molecule has 8 nitrogen and oxygen atoms in total. The molecule has 1 aromatic heterocycles. The first-order chi connectivity index (χ1) is 17.9. The first kappa shape index (κ1) is 25.0. The molecule has 186 valence electrons. The average molecular weight is 501 g/mol. The molecule has 10 heteroatoms. The number of nitrogens with zero attached hydrogens (tertiary/aromatic N) is 2. The van der Waals surface area contributed by atoms with Crippen molar-refractivity contribution in [3.05, 3.63) is 114 Å². The van der Waals surface area contributed by atoms with Crippen molar-refractivity contribution in [1.82, 2.24) is 10.4 Å². The van der Waals surface area contributed by atoms with Crippen molar-refractivity contribution in [3.8, 4) is 11.5 Å². The Bertz CT molecular complexity index is 1440. The van der Waals surface area contributed by atoms with E-state index in [2.05, 4.69) is 26.1 Å². The lowest BCUT2D eigenvalue weighted by molar-refractivity contribution is 0.0949. The fraction of sp³-hybridized carbons (Fsp3) is 0.0370. The predicted octanol–water partition coefficient (Wildman–Crippen LogP) is 5.87. The Hall–Kier alpha value is -5.12. The molecule has 37 heavy (non-hydrogen) atoms. The van der Waals surface area contributed by atoms with Gasteiger partial charge in [-0.05, 0) is 55.0 Å². The maximum absolute atomic E-state index is 13.7. The largest absolute Gasteiger partial charge is 0.457 e. The minimum absolute atomic E-state index is 0.113. The van der Waals surface area contributed by atoms with Crippen LogP contribution in [0.5, 0.6) is 11.5 Å². The van der Waals surface area contributed by atoms with Crippen LogP contribution in [-0.2, 0) is 0 Å². The van der Waals surface area contributed by atoms with E-state index >= 15 is 0 Å². The van der Waals surface area contributed by atoms with E-state index < -0.39 is 23.6 Å². The smallest absolute Gasteiger partial charge is 0.323 e. The lowest BCUT2D eigenvalue weighted by Crippen LogP contribution is -2.20. The van der Waals surface area contributed by atoms with E-state index in [0.717, 1.165) is 23.3 Å². The highest BCUT2D eigenvalue weighted by Gasteiger charge is 2.10. The number of aromatic nitrogens is 1. The third-order valence-electron chi connectivity index (χ3n) is 4.95. The van der Waals surface area contributed by atoms with Gasteiger partial charge in [0.05, 0.1) is 11.9 Å². The summed E-state index contributed by atoms with van der Waals surface area (Å²) in [6.45, 7) is 1.98. The molecule has 0 saturated carbocycles. The molecule has 0 aliphatic carbocycles. The van der Waals surface area contributed by atoms with Crippen molar-refractivity contribution in [3.63, 3.8) is 0 Å². The summed E-state index contributed by atoms with van der Waals surface area (Å²) in [4.78, 5) is 28.5. The Kier molecular flexibility index (Phi) is 7.79. The van der Waals surface area contributed by atoms with E-state index in [1.54, 1.807) is 30.3 Å². The summed E-state index contributed by atoms with van der Waals surface area (Å²) in [6, 6.07) is 19.2. The van der Waals surface area contributed by atoms with Crippen LogP contribution in [0.4, 0.5) is 25.0 Å². The van der Waals surface area contributed by atoms with Gasteiger partial charge in [-0.1, -0.05) is 29.8 Å². The third-order valence-corrected chi connectivity index (χ3v) is 4.95. The molecule has 4 rings (SSSR count). The number of carbonyl (C=O) groups excluding carboxylic acids is 2. The van der Waals surface area contributed by atoms with Crippen molar-refractivity contribution >= 4 is 29.5 Å². The van der Waals surface area contributed by atoms with Crippen LogP contribution >= 0.6 is 0 Å². The molecule has 3 aromatic carbocycles. The lowest BCUT2D eigenvalue weighted by Gasteiger charge is -2.10. The van der Waals surface area contributed by atoms with Crippen LogP contribution in [-0.4, -0.2) is 23.1 Å². The maximum atomic E-state index is 13.7. The lowest BCUT2D eigenvalue weighted by atomic mass is 10.2. The van der Waals surface area contributed by atoms with E-state index in [9.17, 15) is 18.4 Å². The minimum Gasteiger partial charge on any atom is -0.457 e. The number of pyridine rings is 1. The molecular formula is C27H21F2N5O3. The van der Waals surface area contributed by atoms with Gasteiger partial charge in [-0.2, -0.15) is 5.10 Å². The van der Waals surface area contributed by atoms with Crippen LogP contribution in [0.15, 0.2) is 90.2 Å². The summed E-state index contributed by atoms with van der Waals surface area (Å²) in [6.07, 6.45) is 2.96. The van der Waals surface area contributed by atoms with Crippen molar-refractivity contribution < 1.29 is 23.1 Å². The topological polar surface area (TPSA) is 105 Å². The van der Waals surface area contributed by atoms with Gasteiger partial charge in [0.25, 0.3) is 5.91 Å². The van der Waals surface area contributed by atoms with Crippen molar-refractivity contribution in [2.24, 2.45) is 5.10 Å². The van der Waals surface area contributed by atoms with E-state index in [1.807, 2.05) is 31.2 Å². The number of anilines is 2. The molecule has 0 aliphatic heterocycles. The third kappa shape index (κ3) is 7.18. The zero-order valence-corrected chi connectivity index (χ0v) is 19.5. The number of carbonyl (C=O) groups is 2. The SMILES string of the molecule is Cc1ccc(C=NNC(=O)c2cc(Oc3ccc(NC(=O)Nc4ccc(F)cc4F)cc3)ccn2)cc1. The zero-order valence-electron chi connectivity index (χ0n) is 19.5. The number of amides is 3. The average Bonchev–Trinajstić information content (AvgIpc) is 2.88. The van der Waals surface area contributed by atoms with Crippen molar-refractivity contribution in [2.45, 2.75) is 6.92 Å². The van der Waals surface area contributed by atoms with Crippen molar-refractivity contribution in [1.29, 1.82) is 0 Å². The molecule has 0 radical (unpaired) electrons. The quantitative estimate of drug-likeness (QED) is 0.218. The van der Waals surface area contributed by atoms with Gasteiger partial charge in [0, 0.05) is 24.0 Å². The molecule has 0 fully saturated rings. The fourth-order valence-electron chi connectivity index (χ4n) is 3.09. The molecule has 4 aromatic rings. The Morgan fingerprint density at radius 3 is 2.38 bits per heavy atom. The number of hydrogen-bond donors (Lipinski definition) is 3. The van der Waals surface area contributed by atoms with Gasteiger partial charge in [0.1, 0.15) is 28.8 Å². The molecule has 0 aliphatic rings. The number of aryl methyl sites for hydroxylation is 1. The second-order valence-electron chi connectivity index (χ2n) is 7.82. The summed E-state index contributed by atoms with van der Waals surface area (Å²) in [5.41, 5.74) is 4.76. The number of benzene rings is 3. The number of urea groups is 1. The maximum Gasteiger partial charge on any atom is 0.323 e. The number of hydrogen-bond acceptors (Lipinski definition) is 5. The summed E-state index contributed by atoms with van der Waals surface area (Å²) in [7, 11) is 0. The van der Waals surface area contributed by atoms with Gasteiger partial charge in [0.2, 0.25) is 0 Å². The highest BCUT2D eigenvalue weighted by Crippen LogP contribution is 2.23. The highest BCUT2D eigenvalue weighted by molar-refractivity contribution is 5.99. The molecular weight excluding hydrogens is 480 g/mol. The molecule has 0 spiro atoms. The number of halogens is 2. The molecule has 3 N–H and O–H groups in total. The van der Waals surface area contributed by atoms with Crippen LogP contribution in [0.3, 0.4) is 0 Å². The second kappa shape index (κ2) is 11.5. The summed E-state index contributed by atoms with van der Waals surface area (Å²) in [5, 5.41) is 8.79. The molecule has 0 bridgehead atoms. The van der Waals surface area contributed by atoms with Gasteiger partial charge in [-0.3, -0.25) is 9.78 Å². The van der Waals surface area contributed by atoms with E-state index in [0.29, 0.717) is 23.3 Å². The van der Waals surface area contributed by atoms with Gasteiger partial charge in [-0.15, -0.1) is 0 Å². The number of nitrogens with one attached hydrogen (secondary N) is 3. The van der Waals surface area contributed by atoms with Gasteiger partial charge >= 0.3 is 6.03 Å². The van der Waals surface area contributed by atoms with Crippen LogP contribution in [0.1, 0.15) is 21.6 Å². The number of rotatable bonds is 7. The Balaban J connectivity index is 1.32. The number of hydrazone groups is 1. The standard InChI is InChI=1S/C27H21F2N5O3/c1-17-2-4-18(5-3-17)16-31-34-26(35)25-15-22(12-13-30-25)37-21-9-7-20(8-10-21)32-27(36)33-24-11-6-19(28)14-23(24)29/h2-16H,1H3,(H,34,35)(H2,32,33,36). The van der Waals surface area contributed by atoms with E-state index in [4.69, 9.17) is 4.74 Å². The first-order valence-corrected chi connectivity index (χ1v) is 11.0. The highest BCUT2D eigenvalue weighted by atomic mass is 19.1. The molecule has 1 heterocycles. The Morgan fingerprint density at radius 2 is 1.65 bits per heavy atom. The van der Waals surface area contributed by atoms with Gasteiger partial charge in [-0.25, -0.2) is 19.0 Å². The zero-order chi connectivity index (χ0) is 26.2.